The lowest BCUT2D eigenvalue weighted by Crippen LogP contribution is -2.20. The van der Waals surface area contributed by atoms with E-state index in [2.05, 4.69) is 20.8 Å². The van der Waals surface area contributed by atoms with Crippen molar-refractivity contribution in [3.63, 3.8) is 0 Å². The van der Waals surface area contributed by atoms with Gasteiger partial charge in [0.05, 0.1) is 13.2 Å². The number of anilines is 1. The monoisotopic (exact) mass is 286 g/mol. The van der Waals surface area contributed by atoms with Crippen molar-refractivity contribution in [2.24, 2.45) is 0 Å². The smallest absolute Gasteiger partial charge is 0.315 e. The minimum absolute atomic E-state index is 0.523. The van der Waals surface area contributed by atoms with Crippen molar-refractivity contribution in [1.82, 2.24) is 15.5 Å². The predicted octanol–water partition coefficient (Wildman–Crippen LogP) is 1.50. The van der Waals surface area contributed by atoms with Crippen LogP contribution in [0.4, 0.5) is 6.01 Å². The molecule has 0 aromatic carbocycles. The summed E-state index contributed by atoms with van der Waals surface area (Å²) in [7, 11) is 1.68. The van der Waals surface area contributed by atoms with E-state index in [0.717, 1.165) is 13.1 Å². The number of rotatable bonds is 8. The van der Waals surface area contributed by atoms with Gasteiger partial charge < -0.3 is 19.8 Å². The van der Waals surface area contributed by atoms with Gasteiger partial charge in [0.25, 0.3) is 0 Å². The Morgan fingerprint density at radius 3 is 3.16 bits per heavy atom. The normalized spacial score (nSPS) is 19.5. The predicted molar refractivity (Wildman–Crippen MR) is 76.5 cm³/mol. The first-order valence-corrected chi connectivity index (χ1v) is 7.81. The molecule has 0 spiro atoms. The molecule has 1 saturated heterocycles. The van der Waals surface area contributed by atoms with Crippen LogP contribution in [0.2, 0.25) is 0 Å². The van der Waals surface area contributed by atoms with Crippen LogP contribution in [0.5, 0.6) is 0 Å². The molecule has 1 aliphatic heterocycles. The molecule has 6 nitrogen and oxygen atoms in total. The number of nitrogens with zero attached hydrogens (tertiary/aromatic N) is 2. The van der Waals surface area contributed by atoms with Crippen molar-refractivity contribution in [2.75, 3.05) is 37.9 Å². The Bertz CT molecular complexity index is 355. The quantitative estimate of drug-likeness (QED) is 0.702. The van der Waals surface area contributed by atoms with Gasteiger partial charge in [0.1, 0.15) is 0 Å². The second-order valence-corrected chi connectivity index (χ2v) is 5.95. The third-order valence-electron chi connectivity index (χ3n) is 2.98. The van der Waals surface area contributed by atoms with Crippen LogP contribution in [0.1, 0.15) is 25.2 Å². The fourth-order valence-electron chi connectivity index (χ4n) is 1.94. The molecule has 7 heteroatoms. The maximum Gasteiger partial charge on any atom is 0.315 e. The first-order chi connectivity index (χ1) is 9.38. The Labute approximate surface area is 118 Å². The minimum atomic E-state index is 0.523. The van der Waals surface area contributed by atoms with E-state index in [-0.39, 0.29) is 0 Å². The topological polar surface area (TPSA) is 72.2 Å². The molecule has 2 rings (SSSR count). The molecule has 1 fully saturated rings. The van der Waals surface area contributed by atoms with Gasteiger partial charge in [-0.3, -0.25) is 0 Å². The summed E-state index contributed by atoms with van der Waals surface area (Å²) >= 11 is 2.03. The molecule has 2 N–H and O–H groups in total. The second-order valence-electron chi connectivity index (χ2n) is 4.54. The van der Waals surface area contributed by atoms with Crippen LogP contribution in [-0.2, 0) is 11.3 Å². The molecule has 0 bridgehead atoms. The molecule has 0 aliphatic carbocycles. The van der Waals surface area contributed by atoms with Crippen LogP contribution >= 0.6 is 11.8 Å². The molecule has 1 aromatic rings. The average Bonchev–Trinajstić information content (AvgIpc) is 2.91. The molecule has 1 unspecified atom stereocenters. The summed E-state index contributed by atoms with van der Waals surface area (Å²) < 4.78 is 10.5. The Balaban J connectivity index is 1.65. The largest absolute Gasteiger partial charge is 0.407 e. The third-order valence-corrected chi connectivity index (χ3v) is 4.38. The van der Waals surface area contributed by atoms with Gasteiger partial charge in [-0.15, -0.1) is 5.10 Å². The first-order valence-electron chi connectivity index (χ1n) is 6.76. The van der Waals surface area contributed by atoms with E-state index in [1.54, 1.807) is 7.11 Å². The highest BCUT2D eigenvalue weighted by Crippen LogP contribution is 2.25. The van der Waals surface area contributed by atoms with E-state index in [1.807, 2.05) is 11.8 Å². The molecular formula is C12H22N4O2S. The standard InChI is InChI=1S/C12H22N4O2S/c1-17-6-5-13-9-11-15-16-12(18-11)14-8-10-4-2-3-7-19-10/h10,13H,2-9H2,1H3,(H,14,16). The lowest BCUT2D eigenvalue weighted by Gasteiger charge is -2.20. The van der Waals surface area contributed by atoms with E-state index >= 15 is 0 Å². The Hall–Kier alpha value is -0.790. The first kappa shape index (κ1) is 14.6. The van der Waals surface area contributed by atoms with Gasteiger partial charge in [0, 0.05) is 25.4 Å². The van der Waals surface area contributed by atoms with Gasteiger partial charge in [-0.05, 0) is 18.6 Å². The second kappa shape index (κ2) is 8.39. The molecule has 19 heavy (non-hydrogen) atoms. The van der Waals surface area contributed by atoms with Crippen molar-refractivity contribution < 1.29 is 9.15 Å². The fourth-order valence-corrected chi connectivity index (χ4v) is 3.17. The number of aromatic nitrogens is 2. The summed E-state index contributed by atoms with van der Waals surface area (Å²) in [5.41, 5.74) is 0. The minimum Gasteiger partial charge on any atom is -0.407 e. The van der Waals surface area contributed by atoms with Crippen LogP contribution in [0, 0.1) is 0 Å². The molecule has 2 heterocycles. The zero-order chi connectivity index (χ0) is 13.3. The summed E-state index contributed by atoms with van der Waals surface area (Å²) in [5.74, 6) is 1.88. The zero-order valence-electron chi connectivity index (χ0n) is 11.4. The van der Waals surface area contributed by atoms with Crippen molar-refractivity contribution in [3.05, 3.63) is 5.89 Å². The number of nitrogens with one attached hydrogen (secondary N) is 2. The van der Waals surface area contributed by atoms with Gasteiger partial charge in [-0.1, -0.05) is 11.5 Å². The number of methoxy groups -OCH3 is 1. The number of hydrogen-bond donors (Lipinski definition) is 2. The lowest BCUT2D eigenvalue weighted by molar-refractivity contribution is 0.198. The highest BCUT2D eigenvalue weighted by molar-refractivity contribution is 7.99. The van der Waals surface area contributed by atoms with E-state index < -0.39 is 0 Å². The highest BCUT2D eigenvalue weighted by Gasteiger charge is 2.14. The molecule has 0 amide bonds. The molecule has 1 aromatic heterocycles. The summed E-state index contributed by atoms with van der Waals surface area (Å²) in [6.07, 6.45) is 3.95. The molecule has 1 aliphatic rings. The number of hydrogen-bond acceptors (Lipinski definition) is 7. The SMILES string of the molecule is COCCNCc1nnc(NCC2CCCCS2)o1. The van der Waals surface area contributed by atoms with Crippen LogP contribution in [-0.4, -0.2) is 48.0 Å². The van der Waals surface area contributed by atoms with Gasteiger partial charge >= 0.3 is 6.01 Å². The summed E-state index contributed by atoms with van der Waals surface area (Å²) in [6.45, 7) is 2.94. The van der Waals surface area contributed by atoms with Gasteiger partial charge in [0.2, 0.25) is 5.89 Å². The Morgan fingerprint density at radius 1 is 1.42 bits per heavy atom. The number of thioether (sulfide) groups is 1. The van der Waals surface area contributed by atoms with E-state index in [4.69, 9.17) is 9.15 Å². The Kier molecular flexibility index (Phi) is 6.46. The van der Waals surface area contributed by atoms with E-state index in [0.29, 0.717) is 30.3 Å². The van der Waals surface area contributed by atoms with Gasteiger partial charge in [0.15, 0.2) is 0 Å². The van der Waals surface area contributed by atoms with E-state index in [1.165, 1.54) is 25.0 Å². The molecule has 1 atom stereocenters. The zero-order valence-corrected chi connectivity index (χ0v) is 12.2. The van der Waals surface area contributed by atoms with Crippen molar-refractivity contribution >= 4 is 17.8 Å². The summed E-state index contributed by atoms with van der Waals surface area (Å²) in [5, 5.41) is 15.0. The Morgan fingerprint density at radius 2 is 2.37 bits per heavy atom. The molecular weight excluding hydrogens is 264 g/mol. The van der Waals surface area contributed by atoms with Crippen LogP contribution in [0.3, 0.4) is 0 Å². The van der Waals surface area contributed by atoms with Gasteiger partial charge in [-0.2, -0.15) is 11.8 Å². The summed E-state index contributed by atoms with van der Waals surface area (Å²) in [4.78, 5) is 0. The average molecular weight is 286 g/mol. The van der Waals surface area contributed by atoms with E-state index in [9.17, 15) is 0 Å². The highest BCUT2D eigenvalue weighted by atomic mass is 32.2. The van der Waals surface area contributed by atoms with Crippen LogP contribution < -0.4 is 10.6 Å². The molecule has 0 radical (unpaired) electrons. The van der Waals surface area contributed by atoms with Crippen LogP contribution in [0.25, 0.3) is 0 Å². The molecule has 108 valence electrons. The molecule has 0 saturated carbocycles. The third kappa shape index (κ3) is 5.38. The van der Waals surface area contributed by atoms with Crippen LogP contribution in [0.15, 0.2) is 4.42 Å². The summed E-state index contributed by atoms with van der Waals surface area (Å²) in [6, 6.07) is 0.523. The van der Waals surface area contributed by atoms with Gasteiger partial charge in [-0.25, -0.2) is 0 Å². The maximum absolute atomic E-state index is 5.51. The number of ether oxygens (including phenoxy) is 1. The van der Waals surface area contributed by atoms with Crippen molar-refractivity contribution in [2.45, 2.75) is 31.1 Å². The maximum atomic E-state index is 5.51. The lowest BCUT2D eigenvalue weighted by atomic mass is 10.2. The van der Waals surface area contributed by atoms with Crippen molar-refractivity contribution in [3.8, 4) is 0 Å². The van der Waals surface area contributed by atoms with Crippen molar-refractivity contribution in [1.29, 1.82) is 0 Å². The fraction of sp³-hybridized carbons (Fsp3) is 0.833.